The maximum Gasteiger partial charge on any atom is 0.128 e. The zero-order chi connectivity index (χ0) is 14.5. The first kappa shape index (κ1) is 14.3. The quantitative estimate of drug-likeness (QED) is 0.879. The summed E-state index contributed by atoms with van der Waals surface area (Å²) < 4.78 is 19.1. The lowest BCUT2D eigenvalue weighted by molar-refractivity contribution is 0.415. The number of ether oxygens (including phenoxy) is 1. The van der Waals surface area contributed by atoms with E-state index in [0.717, 1.165) is 17.0 Å². The van der Waals surface area contributed by atoms with Gasteiger partial charge in [0, 0.05) is 23.9 Å². The molecule has 0 saturated carbocycles. The fourth-order valence-corrected chi connectivity index (χ4v) is 2.11. The largest absolute Gasteiger partial charge is 0.497 e. The average molecular weight is 274 g/mol. The van der Waals surface area contributed by atoms with Crippen molar-refractivity contribution in [3.63, 3.8) is 0 Å². The van der Waals surface area contributed by atoms with E-state index < -0.39 is 0 Å². The molecule has 0 heterocycles. The Hall–Kier alpha value is -2.07. The van der Waals surface area contributed by atoms with Crippen molar-refractivity contribution in [1.82, 2.24) is 0 Å². The summed E-state index contributed by atoms with van der Waals surface area (Å²) in [6.07, 6.45) is 0. The fourth-order valence-electron chi connectivity index (χ4n) is 2.11. The van der Waals surface area contributed by atoms with Crippen molar-refractivity contribution in [1.29, 1.82) is 0 Å². The van der Waals surface area contributed by atoms with Gasteiger partial charge < -0.3 is 15.8 Å². The molecule has 0 radical (unpaired) electrons. The number of methoxy groups -OCH3 is 1. The number of aryl methyl sites for hydroxylation is 1. The third kappa shape index (κ3) is 3.27. The van der Waals surface area contributed by atoms with Crippen molar-refractivity contribution < 1.29 is 9.13 Å². The summed E-state index contributed by atoms with van der Waals surface area (Å²) in [5, 5.41) is 3.24. The van der Waals surface area contributed by atoms with Gasteiger partial charge in [-0.15, -0.1) is 0 Å². The molecule has 20 heavy (non-hydrogen) atoms. The molecule has 0 fully saturated rings. The molecule has 0 spiro atoms. The van der Waals surface area contributed by atoms with Crippen LogP contribution in [0.15, 0.2) is 42.5 Å². The molecule has 3 N–H and O–H groups in total. The predicted octanol–water partition coefficient (Wildman–Crippen LogP) is 3.25. The van der Waals surface area contributed by atoms with Crippen LogP contribution in [0.2, 0.25) is 0 Å². The first-order chi connectivity index (χ1) is 9.63. The molecule has 2 aromatic carbocycles. The summed E-state index contributed by atoms with van der Waals surface area (Å²) in [6.45, 7) is 2.24. The van der Waals surface area contributed by atoms with Crippen LogP contribution in [0.4, 0.5) is 10.1 Å². The smallest absolute Gasteiger partial charge is 0.128 e. The first-order valence-corrected chi connectivity index (χ1v) is 6.50. The Labute approximate surface area is 118 Å². The minimum atomic E-state index is -0.276. The number of nitrogens with one attached hydrogen (secondary N) is 1. The van der Waals surface area contributed by atoms with E-state index in [-0.39, 0.29) is 11.9 Å². The molecule has 0 aliphatic rings. The van der Waals surface area contributed by atoms with Crippen LogP contribution in [0.3, 0.4) is 0 Å². The van der Waals surface area contributed by atoms with Gasteiger partial charge in [0.25, 0.3) is 0 Å². The number of hydrogen-bond donors (Lipinski definition) is 2. The minimum Gasteiger partial charge on any atom is -0.497 e. The average Bonchev–Trinajstić information content (AvgIpc) is 2.47. The molecule has 1 atom stereocenters. The van der Waals surface area contributed by atoms with Gasteiger partial charge in [-0.1, -0.05) is 23.8 Å². The Balaban J connectivity index is 2.26. The van der Waals surface area contributed by atoms with Crippen molar-refractivity contribution in [2.24, 2.45) is 5.73 Å². The zero-order valence-corrected chi connectivity index (χ0v) is 11.7. The van der Waals surface area contributed by atoms with Gasteiger partial charge in [0.2, 0.25) is 0 Å². The number of benzene rings is 2. The molecule has 0 aliphatic carbocycles. The maximum absolute atomic E-state index is 13.9. The summed E-state index contributed by atoms with van der Waals surface area (Å²) in [7, 11) is 1.61. The summed E-state index contributed by atoms with van der Waals surface area (Å²) in [6, 6.07) is 12.3. The number of nitrogens with two attached hydrogens (primary N) is 1. The lowest BCUT2D eigenvalue weighted by atomic mass is 10.0. The normalized spacial score (nSPS) is 12.0. The molecule has 2 rings (SSSR count). The van der Waals surface area contributed by atoms with Crippen molar-refractivity contribution in [3.8, 4) is 5.75 Å². The van der Waals surface area contributed by atoms with Gasteiger partial charge in [0.15, 0.2) is 0 Å². The highest BCUT2D eigenvalue weighted by atomic mass is 19.1. The third-order valence-electron chi connectivity index (χ3n) is 3.17. The van der Waals surface area contributed by atoms with Crippen molar-refractivity contribution in [2.75, 3.05) is 19.0 Å². The Morgan fingerprint density at radius 2 is 2.05 bits per heavy atom. The van der Waals surface area contributed by atoms with E-state index in [2.05, 4.69) is 5.32 Å². The maximum atomic E-state index is 13.9. The monoisotopic (exact) mass is 274 g/mol. The molecule has 0 aliphatic heterocycles. The Morgan fingerprint density at radius 1 is 1.25 bits per heavy atom. The molecule has 2 aromatic rings. The van der Waals surface area contributed by atoms with E-state index in [4.69, 9.17) is 10.5 Å². The van der Waals surface area contributed by atoms with Crippen LogP contribution in [-0.4, -0.2) is 13.7 Å². The van der Waals surface area contributed by atoms with E-state index in [1.807, 2.05) is 37.3 Å². The van der Waals surface area contributed by atoms with E-state index in [9.17, 15) is 4.39 Å². The first-order valence-electron chi connectivity index (χ1n) is 6.50. The fraction of sp³-hybridized carbons (Fsp3) is 0.250. The second-order valence-electron chi connectivity index (χ2n) is 4.69. The van der Waals surface area contributed by atoms with Gasteiger partial charge in [0.1, 0.15) is 11.6 Å². The molecule has 3 nitrogen and oxygen atoms in total. The standard InChI is InChI=1S/C16H19FN2O/c1-11-6-7-15(17)14(8-11)16(10-18)19-12-4-3-5-13(9-12)20-2/h3-9,16,19H,10,18H2,1-2H3. The number of halogens is 1. The highest BCUT2D eigenvalue weighted by molar-refractivity contribution is 5.50. The summed E-state index contributed by atoms with van der Waals surface area (Å²) in [4.78, 5) is 0. The summed E-state index contributed by atoms with van der Waals surface area (Å²) in [5.41, 5.74) is 8.22. The molecule has 0 aromatic heterocycles. The van der Waals surface area contributed by atoms with E-state index in [0.29, 0.717) is 12.1 Å². The Morgan fingerprint density at radius 3 is 2.75 bits per heavy atom. The van der Waals surface area contributed by atoms with Crippen LogP contribution < -0.4 is 15.8 Å². The molecule has 0 saturated heterocycles. The van der Waals surface area contributed by atoms with Crippen LogP contribution in [0.25, 0.3) is 0 Å². The van der Waals surface area contributed by atoms with E-state index >= 15 is 0 Å². The van der Waals surface area contributed by atoms with Crippen molar-refractivity contribution >= 4 is 5.69 Å². The molecular formula is C16H19FN2O. The minimum absolute atomic E-state index is 0.249. The summed E-state index contributed by atoms with van der Waals surface area (Å²) >= 11 is 0. The van der Waals surface area contributed by atoms with Gasteiger partial charge in [-0.3, -0.25) is 0 Å². The molecule has 0 amide bonds. The van der Waals surface area contributed by atoms with E-state index in [1.54, 1.807) is 13.2 Å². The highest BCUT2D eigenvalue weighted by Crippen LogP contribution is 2.24. The third-order valence-corrected chi connectivity index (χ3v) is 3.17. The van der Waals surface area contributed by atoms with Gasteiger partial charge in [-0.2, -0.15) is 0 Å². The SMILES string of the molecule is COc1cccc(NC(CN)c2cc(C)ccc2F)c1. The lowest BCUT2D eigenvalue weighted by Gasteiger charge is -2.20. The Kier molecular flexibility index (Phi) is 4.58. The van der Waals surface area contributed by atoms with Crippen LogP contribution in [0.1, 0.15) is 17.2 Å². The molecule has 1 unspecified atom stereocenters. The Bertz CT molecular complexity index is 586. The lowest BCUT2D eigenvalue weighted by Crippen LogP contribution is -2.21. The molecule has 4 heteroatoms. The number of hydrogen-bond acceptors (Lipinski definition) is 3. The molecular weight excluding hydrogens is 255 g/mol. The van der Waals surface area contributed by atoms with E-state index in [1.165, 1.54) is 6.07 Å². The molecule has 0 bridgehead atoms. The number of anilines is 1. The van der Waals surface area contributed by atoms with Gasteiger partial charge in [-0.05, 0) is 25.1 Å². The predicted molar refractivity (Wildman–Crippen MR) is 79.5 cm³/mol. The van der Waals surface area contributed by atoms with Crippen LogP contribution in [0.5, 0.6) is 5.75 Å². The highest BCUT2D eigenvalue weighted by Gasteiger charge is 2.14. The molecule has 106 valence electrons. The van der Waals surface area contributed by atoms with Gasteiger partial charge >= 0.3 is 0 Å². The van der Waals surface area contributed by atoms with Crippen LogP contribution >= 0.6 is 0 Å². The second kappa shape index (κ2) is 6.39. The summed E-state index contributed by atoms with van der Waals surface area (Å²) in [5.74, 6) is 0.497. The zero-order valence-electron chi connectivity index (χ0n) is 11.7. The topological polar surface area (TPSA) is 47.3 Å². The van der Waals surface area contributed by atoms with Crippen LogP contribution in [-0.2, 0) is 0 Å². The second-order valence-corrected chi connectivity index (χ2v) is 4.69. The number of rotatable bonds is 5. The van der Waals surface area contributed by atoms with Gasteiger partial charge in [-0.25, -0.2) is 4.39 Å². The van der Waals surface area contributed by atoms with Crippen LogP contribution in [0, 0.1) is 12.7 Å². The van der Waals surface area contributed by atoms with Crippen molar-refractivity contribution in [3.05, 3.63) is 59.4 Å². The van der Waals surface area contributed by atoms with Gasteiger partial charge in [0.05, 0.1) is 13.2 Å². The van der Waals surface area contributed by atoms with Crippen molar-refractivity contribution in [2.45, 2.75) is 13.0 Å².